The molecule has 1 amide bonds. The zero-order chi connectivity index (χ0) is 17.9. The number of nitrogens with zero attached hydrogens (tertiary/aromatic N) is 4. The first-order valence-electron chi connectivity index (χ1n) is 8.62. The highest BCUT2D eigenvalue weighted by atomic mass is 16.6. The van der Waals surface area contributed by atoms with Gasteiger partial charge in [-0.25, -0.2) is 14.5 Å². The molecule has 0 aliphatic carbocycles. The molecular formula is C18H25N5O2. The fourth-order valence-corrected chi connectivity index (χ4v) is 2.87. The summed E-state index contributed by atoms with van der Waals surface area (Å²) in [6.07, 6.45) is 7.10. The van der Waals surface area contributed by atoms with E-state index < -0.39 is 5.60 Å². The van der Waals surface area contributed by atoms with Gasteiger partial charge in [-0.15, -0.1) is 0 Å². The van der Waals surface area contributed by atoms with Crippen molar-refractivity contribution in [2.24, 2.45) is 0 Å². The number of rotatable bonds is 4. The van der Waals surface area contributed by atoms with E-state index >= 15 is 0 Å². The summed E-state index contributed by atoms with van der Waals surface area (Å²) in [6, 6.07) is 5.88. The predicted molar refractivity (Wildman–Crippen MR) is 95.8 cm³/mol. The van der Waals surface area contributed by atoms with Crippen molar-refractivity contribution in [3.63, 3.8) is 0 Å². The molecule has 3 rings (SSSR count). The summed E-state index contributed by atoms with van der Waals surface area (Å²) in [7, 11) is 0. The third-order valence-corrected chi connectivity index (χ3v) is 4.03. The number of amides is 1. The summed E-state index contributed by atoms with van der Waals surface area (Å²) < 4.78 is 7.21. The monoisotopic (exact) mass is 343 g/mol. The molecule has 7 heteroatoms. The lowest BCUT2D eigenvalue weighted by Gasteiger charge is -2.28. The molecule has 1 fully saturated rings. The quantitative estimate of drug-likeness (QED) is 0.923. The molecule has 7 nitrogen and oxygen atoms in total. The highest BCUT2D eigenvalue weighted by Gasteiger charge is 2.31. The minimum absolute atomic E-state index is 0.139. The first-order chi connectivity index (χ1) is 11.9. The van der Waals surface area contributed by atoms with Gasteiger partial charge in [0, 0.05) is 25.5 Å². The second kappa shape index (κ2) is 7.13. The number of carbonyl (C=O) groups is 1. The third kappa shape index (κ3) is 4.49. The third-order valence-electron chi connectivity index (χ3n) is 4.03. The van der Waals surface area contributed by atoms with Crippen molar-refractivity contribution in [1.29, 1.82) is 0 Å². The van der Waals surface area contributed by atoms with Crippen LogP contribution in [0.25, 0.3) is 5.82 Å². The molecule has 3 heterocycles. The molecule has 134 valence electrons. The lowest BCUT2D eigenvalue weighted by atomic mass is 10.2. The van der Waals surface area contributed by atoms with E-state index in [-0.39, 0.29) is 12.1 Å². The zero-order valence-corrected chi connectivity index (χ0v) is 15.0. The number of nitrogens with one attached hydrogen (secondary N) is 1. The summed E-state index contributed by atoms with van der Waals surface area (Å²) in [5, 5.41) is 7.52. The molecular weight excluding hydrogens is 318 g/mol. The summed E-state index contributed by atoms with van der Waals surface area (Å²) in [6.45, 7) is 7.10. The van der Waals surface area contributed by atoms with E-state index in [0.29, 0.717) is 6.54 Å². The van der Waals surface area contributed by atoms with Crippen LogP contribution in [0.15, 0.2) is 36.8 Å². The van der Waals surface area contributed by atoms with Crippen molar-refractivity contribution in [2.75, 3.05) is 18.4 Å². The van der Waals surface area contributed by atoms with Gasteiger partial charge in [0.15, 0.2) is 5.82 Å². The van der Waals surface area contributed by atoms with Gasteiger partial charge in [0.1, 0.15) is 5.60 Å². The minimum Gasteiger partial charge on any atom is -0.444 e. The SMILES string of the molecule is CC(C)(C)OC(=O)N1CCCC1CNc1ccc(-n2cccn2)nc1. The number of aromatic nitrogens is 3. The molecule has 2 aromatic rings. The Hall–Kier alpha value is -2.57. The van der Waals surface area contributed by atoms with E-state index in [0.717, 1.165) is 30.9 Å². The molecule has 0 radical (unpaired) electrons. The Morgan fingerprint density at radius 2 is 2.24 bits per heavy atom. The fraction of sp³-hybridized carbons (Fsp3) is 0.500. The van der Waals surface area contributed by atoms with Crippen LogP contribution in [-0.2, 0) is 4.74 Å². The van der Waals surface area contributed by atoms with Crippen LogP contribution in [0.4, 0.5) is 10.5 Å². The van der Waals surface area contributed by atoms with Gasteiger partial charge in [-0.1, -0.05) is 0 Å². The number of ether oxygens (including phenoxy) is 1. The van der Waals surface area contributed by atoms with Crippen LogP contribution in [0, 0.1) is 0 Å². The molecule has 1 unspecified atom stereocenters. The highest BCUT2D eigenvalue weighted by Crippen LogP contribution is 2.21. The number of pyridine rings is 1. The van der Waals surface area contributed by atoms with E-state index in [1.807, 2.05) is 50.1 Å². The van der Waals surface area contributed by atoms with E-state index in [9.17, 15) is 4.79 Å². The molecule has 25 heavy (non-hydrogen) atoms. The fourth-order valence-electron chi connectivity index (χ4n) is 2.87. The summed E-state index contributed by atoms with van der Waals surface area (Å²) >= 11 is 0. The van der Waals surface area contributed by atoms with Crippen molar-refractivity contribution < 1.29 is 9.53 Å². The van der Waals surface area contributed by atoms with Crippen LogP contribution in [0.5, 0.6) is 0 Å². The Morgan fingerprint density at radius 1 is 1.40 bits per heavy atom. The minimum atomic E-state index is -0.468. The normalized spacial score (nSPS) is 17.6. The van der Waals surface area contributed by atoms with Crippen LogP contribution in [0.2, 0.25) is 0 Å². The molecule has 2 aromatic heterocycles. The van der Waals surface area contributed by atoms with Gasteiger partial charge >= 0.3 is 6.09 Å². The van der Waals surface area contributed by atoms with E-state index in [1.54, 1.807) is 17.1 Å². The number of carbonyl (C=O) groups excluding carboxylic acids is 1. The predicted octanol–water partition coefficient (Wildman–Crippen LogP) is 3.08. The maximum Gasteiger partial charge on any atom is 0.410 e. The van der Waals surface area contributed by atoms with Gasteiger partial charge < -0.3 is 15.0 Å². The van der Waals surface area contributed by atoms with Crippen LogP contribution < -0.4 is 5.32 Å². The first-order valence-corrected chi connectivity index (χ1v) is 8.62. The van der Waals surface area contributed by atoms with Crippen LogP contribution >= 0.6 is 0 Å². The maximum absolute atomic E-state index is 12.3. The lowest BCUT2D eigenvalue weighted by Crippen LogP contribution is -2.42. The maximum atomic E-state index is 12.3. The molecule has 1 N–H and O–H groups in total. The molecule has 0 saturated carbocycles. The first kappa shape index (κ1) is 17.3. The van der Waals surface area contributed by atoms with Crippen LogP contribution in [0.3, 0.4) is 0 Å². The van der Waals surface area contributed by atoms with Gasteiger partial charge in [-0.2, -0.15) is 5.10 Å². The molecule has 0 spiro atoms. The van der Waals surface area contributed by atoms with Gasteiger partial charge in [0.2, 0.25) is 0 Å². The van der Waals surface area contributed by atoms with Crippen LogP contribution in [0.1, 0.15) is 33.6 Å². The Morgan fingerprint density at radius 3 is 2.88 bits per heavy atom. The Kier molecular flexibility index (Phi) is 4.92. The van der Waals surface area contributed by atoms with Gasteiger partial charge in [0.05, 0.1) is 17.9 Å². The molecule has 0 bridgehead atoms. The molecule has 1 aliphatic heterocycles. The van der Waals surface area contributed by atoms with Gasteiger partial charge in [-0.05, 0) is 51.8 Å². The summed E-state index contributed by atoms with van der Waals surface area (Å²) in [5.41, 5.74) is 0.455. The Balaban J connectivity index is 1.56. The number of hydrogen-bond donors (Lipinski definition) is 1. The number of anilines is 1. The van der Waals surface area contributed by atoms with Crippen LogP contribution in [-0.4, -0.2) is 50.5 Å². The summed E-state index contributed by atoms with van der Waals surface area (Å²) in [5.74, 6) is 0.770. The second-order valence-corrected chi connectivity index (χ2v) is 7.21. The zero-order valence-electron chi connectivity index (χ0n) is 15.0. The average Bonchev–Trinajstić information content (AvgIpc) is 3.23. The Labute approximate surface area is 148 Å². The topological polar surface area (TPSA) is 72.3 Å². The van der Waals surface area contributed by atoms with Crippen molar-refractivity contribution in [3.05, 3.63) is 36.8 Å². The molecule has 1 atom stereocenters. The standard InChI is InChI=1S/C18H25N5O2/c1-18(2,3)25-17(24)22-10-4-6-15(22)13-19-14-7-8-16(20-12-14)23-11-5-9-21-23/h5,7-9,11-12,15,19H,4,6,10,13H2,1-3H3. The van der Waals surface area contributed by atoms with E-state index in [2.05, 4.69) is 15.4 Å². The molecule has 1 saturated heterocycles. The average molecular weight is 343 g/mol. The van der Waals surface area contributed by atoms with Crippen molar-refractivity contribution in [2.45, 2.75) is 45.3 Å². The van der Waals surface area contributed by atoms with Crippen molar-refractivity contribution >= 4 is 11.8 Å². The van der Waals surface area contributed by atoms with Crippen molar-refractivity contribution in [1.82, 2.24) is 19.7 Å². The van der Waals surface area contributed by atoms with Crippen molar-refractivity contribution in [3.8, 4) is 5.82 Å². The smallest absolute Gasteiger partial charge is 0.410 e. The number of likely N-dealkylation sites (tertiary alicyclic amines) is 1. The molecule has 1 aliphatic rings. The summed E-state index contributed by atoms with van der Waals surface area (Å²) in [4.78, 5) is 18.5. The number of hydrogen-bond acceptors (Lipinski definition) is 5. The highest BCUT2D eigenvalue weighted by molar-refractivity contribution is 5.69. The second-order valence-electron chi connectivity index (χ2n) is 7.21. The van der Waals surface area contributed by atoms with E-state index in [4.69, 9.17) is 4.74 Å². The van der Waals surface area contributed by atoms with Gasteiger partial charge in [-0.3, -0.25) is 0 Å². The van der Waals surface area contributed by atoms with E-state index in [1.165, 1.54) is 0 Å². The molecule has 0 aromatic carbocycles. The Bertz CT molecular complexity index is 691. The van der Waals surface area contributed by atoms with Gasteiger partial charge in [0.25, 0.3) is 0 Å². The largest absolute Gasteiger partial charge is 0.444 e. The lowest BCUT2D eigenvalue weighted by molar-refractivity contribution is 0.0235.